The molecule has 1 N–H and O–H groups in total. The lowest BCUT2D eigenvalue weighted by atomic mass is 10.1. The highest BCUT2D eigenvalue weighted by molar-refractivity contribution is 6.02. The summed E-state index contributed by atoms with van der Waals surface area (Å²) in [5, 5.41) is 9.46. The summed E-state index contributed by atoms with van der Waals surface area (Å²) in [5.74, 6) is -0.954. The molecule has 0 aliphatic carbocycles. The van der Waals surface area contributed by atoms with Gasteiger partial charge in [-0.1, -0.05) is 11.6 Å². The van der Waals surface area contributed by atoms with Crippen LogP contribution in [0.15, 0.2) is 28.9 Å². The van der Waals surface area contributed by atoms with Crippen LogP contribution in [0.4, 0.5) is 0 Å². The fraction of sp³-hybridized carbons (Fsp3) is 0.100. The molecule has 1 aromatic carbocycles. The number of aryl methyl sites for hydroxylation is 1. The Labute approximate surface area is 74.6 Å². The second-order valence-corrected chi connectivity index (χ2v) is 2.95. The number of hydrogen-bond donors (Lipinski definition) is 1. The highest BCUT2D eigenvalue weighted by Crippen LogP contribution is 2.21. The molecule has 0 spiro atoms. The van der Waals surface area contributed by atoms with Crippen LogP contribution in [0.5, 0.6) is 0 Å². The van der Waals surface area contributed by atoms with Gasteiger partial charge in [0.25, 0.3) is 0 Å². The summed E-state index contributed by atoms with van der Waals surface area (Å²) >= 11 is 0. The molecule has 0 aliphatic rings. The van der Waals surface area contributed by atoms with Crippen LogP contribution in [-0.4, -0.2) is 11.1 Å². The Bertz CT molecular complexity index is 468. The van der Waals surface area contributed by atoms with Gasteiger partial charge in [0, 0.05) is 5.39 Å². The molecule has 0 bridgehead atoms. The Morgan fingerprint density at radius 2 is 2.23 bits per heavy atom. The SMILES string of the molecule is Cc1ccc2occ(C(=O)O)c2c1. The third-order valence-electron chi connectivity index (χ3n) is 1.96. The largest absolute Gasteiger partial charge is 0.478 e. The molecule has 2 aromatic rings. The molecule has 3 heteroatoms. The standard InChI is InChI=1S/C10H8O3/c1-6-2-3-9-7(4-6)8(5-13-9)10(11)12/h2-5H,1H3,(H,11,12). The molecule has 0 fully saturated rings. The summed E-state index contributed by atoms with van der Waals surface area (Å²) in [6, 6.07) is 5.47. The fourth-order valence-corrected chi connectivity index (χ4v) is 1.31. The lowest BCUT2D eigenvalue weighted by Crippen LogP contribution is -1.93. The van der Waals surface area contributed by atoms with E-state index in [1.165, 1.54) is 6.26 Å². The van der Waals surface area contributed by atoms with E-state index in [0.29, 0.717) is 11.0 Å². The summed E-state index contributed by atoms with van der Waals surface area (Å²) in [5.41, 5.74) is 1.86. The lowest BCUT2D eigenvalue weighted by molar-refractivity contribution is 0.0698. The summed E-state index contributed by atoms with van der Waals surface area (Å²) in [6.45, 7) is 1.91. The molecular weight excluding hydrogens is 168 g/mol. The van der Waals surface area contributed by atoms with E-state index in [-0.39, 0.29) is 5.56 Å². The quantitative estimate of drug-likeness (QED) is 0.725. The number of rotatable bonds is 1. The van der Waals surface area contributed by atoms with E-state index in [2.05, 4.69) is 0 Å². The first kappa shape index (κ1) is 7.86. The van der Waals surface area contributed by atoms with Crippen molar-refractivity contribution in [1.29, 1.82) is 0 Å². The zero-order valence-electron chi connectivity index (χ0n) is 7.07. The molecule has 1 aromatic heterocycles. The van der Waals surface area contributed by atoms with Crippen molar-refractivity contribution in [2.45, 2.75) is 6.92 Å². The van der Waals surface area contributed by atoms with Gasteiger partial charge in [0.2, 0.25) is 0 Å². The molecule has 0 atom stereocenters. The molecule has 0 saturated heterocycles. The van der Waals surface area contributed by atoms with Gasteiger partial charge in [0.15, 0.2) is 0 Å². The number of fused-ring (bicyclic) bond motifs is 1. The maximum atomic E-state index is 10.7. The second-order valence-electron chi connectivity index (χ2n) is 2.95. The minimum Gasteiger partial charge on any atom is -0.478 e. The van der Waals surface area contributed by atoms with Crippen molar-refractivity contribution >= 4 is 16.9 Å². The van der Waals surface area contributed by atoms with Gasteiger partial charge in [-0.15, -0.1) is 0 Å². The van der Waals surface area contributed by atoms with Crippen molar-refractivity contribution in [3.63, 3.8) is 0 Å². The van der Waals surface area contributed by atoms with E-state index >= 15 is 0 Å². The smallest absolute Gasteiger partial charge is 0.339 e. The number of furan rings is 1. The molecule has 0 radical (unpaired) electrons. The van der Waals surface area contributed by atoms with E-state index < -0.39 is 5.97 Å². The van der Waals surface area contributed by atoms with Crippen LogP contribution in [0.25, 0.3) is 11.0 Å². The number of carboxylic acids is 1. The van der Waals surface area contributed by atoms with Gasteiger partial charge < -0.3 is 9.52 Å². The van der Waals surface area contributed by atoms with Gasteiger partial charge in [-0.3, -0.25) is 0 Å². The predicted octanol–water partition coefficient (Wildman–Crippen LogP) is 2.44. The first-order valence-electron chi connectivity index (χ1n) is 3.89. The highest BCUT2D eigenvalue weighted by Gasteiger charge is 2.11. The molecule has 0 unspecified atom stereocenters. The lowest BCUT2D eigenvalue weighted by Gasteiger charge is -1.92. The van der Waals surface area contributed by atoms with Crippen LogP contribution in [0, 0.1) is 6.92 Å². The summed E-state index contributed by atoms with van der Waals surface area (Å²) in [7, 11) is 0. The third-order valence-corrected chi connectivity index (χ3v) is 1.96. The number of aromatic carboxylic acids is 1. The van der Waals surface area contributed by atoms with Crippen LogP contribution < -0.4 is 0 Å². The topological polar surface area (TPSA) is 50.4 Å². The van der Waals surface area contributed by atoms with Crippen LogP contribution in [-0.2, 0) is 0 Å². The first-order valence-corrected chi connectivity index (χ1v) is 3.89. The van der Waals surface area contributed by atoms with Crippen molar-refractivity contribution in [3.8, 4) is 0 Å². The van der Waals surface area contributed by atoms with E-state index in [1.54, 1.807) is 6.07 Å². The van der Waals surface area contributed by atoms with Gasteiger partial charge in [0.1, 0.15) is 17.4 Å². The van der Waals surface area contributed by atoms with E-state index in [4.69, 9.17) is 9.52 Å². The minimum absolute atomic E-state index is 0.221. The van der Waals surface area contributed by atoms with E-state index in [9.17, 15) is 4.79 Å². The molecular formula is C10H8O3. The molecule has 3 nitrogen and oxygen atoms in total. The fourth-order valence-electron chi connectivity index (χ4n) is 1.31. The molecule has 13 heavy (non-hydrogen) atoms. The van der Waals surface area contributed by atoms with Gasteiger partial charge in [-0.25, -0.2) is 4.79 Å². The number of carbonyl (C=O) groups is 1. The second kappa shape index (κ2) is 2.62. The summed E-state index contributed by atoms with van der Waals surface area (Å²) in [4.78, 5) is 10.7. The van der Waals surface area contributed by atoms with Crippen molar-refractivity contribution in [2.75, 3.05) is 0 Å². The maximum Gasteiger partial charge on any atom is 0.339 e. The Balaban J connectivity index is 2.79. The monoisotopic (exact) mass is 176 g/mol. The predicted molar refractivity (Wildman–Crippen MR) is 47.9 cm³/mol. The van der Waals surface area contributed by atoms with Crippen molar-refractivity contribution < 1.29 is 14.3 Å². The van der Waals surface area contributed by atoms with Gasteiger partial charge >= 0.3 is 5.97 Å². The first-order chi connectivity index (χ1) is 6.18. The van der Waals surface area contributed by atoms with Crippen LogP contribution >= 0.6 is 0 Å². The Morgan fingerprint density at radius 1 is 1.46 bits per heavy atom. The van der Waals surface area contributed by atoms with E-state index in [1.807, 2.05) is 19.1 Å². The normalized spacial score (nSPS) is 10.5. The zero-order valence-corrected chi connectivity index (χ0v) is 7.07. The Morgan fingerprint density at radius 3 is 2.92 bits per heavy atom. The van der Waals surface area contributed by atoms with Gasteiger partial charge in [-0.05, 0) is 19.1 Å². The minimum atomic E-state index is -0.954. The number of benzene rings is 1. The average molecular weight is 176 g/mol. The van der Waals surface area contributed by atoms with Gasteiger partial charge in [-0.2, -0.15) is 0 Å². The third kappa shape index (κ3) is 1.18. The Kier molecular flexibility index (Phi) is 1.59. The summed E-state index contributed by atoms with van der Waals surface area (Å²) in [6.07, 6.45) is 1.27. The molecule has 2 rings (SSSR count). The zero-order chi connectivity index (χ0) is 9.42. The molecule has 0 saturated carbocycles. The highest BCUT2D eigenvalue weighted by atomic mass is 16.4. The molecule has 1 heterocycles. The van der Waals surface area contributed by atoms with Crippen molar-refractivity contribution in [1.82, 2.24) is 0 Å². The summed E-state index contributed by atoms with van der Waals surface area (Å²) < 4.78 is 5.08. The maximum absolute atomic E-state index is 10.7. The Hall–Kier alpha value is -1.77. The number of hydrogen-bond acceptors (Lipinski definition) is 2. The van der Waals surface area contributed by atoms with Gasteiger partial charge in [0.05, 0.1) is 0 Å². The van der Waals surface area contributed by atoms with Crippen LogP contribution in [0.1, 0.15) is 15.9 Å². The van der Waals surface area contributed by atoms with Crippen molar-refractivity contribution in [2.24, 2.45) is 0 Å². The van der Waals surface area contributed by atoms with Crippen molar-refractivity contribution in [3.05, 3.63) is 35.6 Å². The average Bonchev–Trinajstić information content (AvgIpc) is 2.46. The number of carboxylic acid groups (broad SMARTS) is 1. The van der Waals surface area contributed by atoms with Crippen LogP contribution in [0.2, 0.25) is 0 Å². The molecule has 0 aliphatic heterocycles. The van der Waals surface area contributed by atoms with E-state index in [0.717, 1.165) is 5.56 Å². The van der Waals surface area contributed by atoms with Crippen LogP contribution in [0.3, 0.4) is 0 Å². The molecule has 66 valence electrons. The molecule has 0 amide bonds.